The van der Waals surface area contributed by atoms with Gasteiger partial charge in [0.05, 0.1) is 21.3 Å². The fourth-order valence-corrected chi connectivity index (χ4v) is 3.23. The second-order valence-corrected chi connectivity index (χ2v) is 6.31. The van der Waals surface area contributed by atoms with Crippen LogP contribution in [0.2, 0.25) is 0 Å². The molecule has 7 heteroatoms. The minimum absolute atomic E-state index is 0.0273. The first kappa shape index (κ1) is 14.3. The second kappa shape index (κ2) is 4.99. The summed E-state index contributed by atoms with van der Waals surface area (Å²) < 4.78 is 39.4. The van der Waals surface area contributed by atoms with Crippen LogP contribution < -0.4 is 0 Å². The number of halogens is 4. The number of alkyl halides is 3. The maximum atomic E-state index is 12.7. The van der Waals surface area contributed by atoms with Crippen LogP contribution in [0.1, 0.15) is 5.56 Å². The lowest BCUT2D eigenvalue weighted by Gasteiger charge is -2.04. The molecule has 0 aliphatic rings. The van der Waals surface area contributed by atoms with Gasteiger partial charge in [0.25, 0.3) is 0 Å². The summed E-state index contributed by atoms with van der Waals surface area (Å²) in [5, 5.41) is 10.4. The van der Waals surface area contributed by atoms with E-state index in [0.717, 1.165) is 12.1 Å². The van der Waals surface area contributed by atoms with Crippen molar-refractivity contribution in [2.75, 3.05) is 0 Å². The number of aromatic hydroxyl groups is 1. The third kappa shape index (κ3) is 2.75. The van der Waals surface area contributed by atoms with Crippen molar-refractivity contribution in [3.05, 3.63) is 46.4 Å². The molecule has 0 atom stereocenters. The number of phenols is 1. The summed E-state index contributed by atoms with van der Waals surface area (Å²) in [6.07, 6.45) is -4.39. The second-order valence-electron chi connectivity index (χ2n) is 4.36. The molecule has 1 N–H and O–H groups in total. The Hall–Kier alpha value is -1.60. The van der Waals surface area contributed by atoms with E-state index in [1.54, 1.807) is 12.1 Å². The molecule has 0 unspecified atom stereocenters. The molecule has 0 aliphatic carbocycles. The van der Waals surface area contributed by atoms with Gasteiger partial charge in [0.1, 0.15) is 10.8 Å². The summed E-state index contributed by atoms with van der Waals surface area (Å²) in [6.45, 7) is 0. The topological polar surface area (TPSA) is 33.1 Å². The summed E-state index contributed by atoms with van der Waals surface area (Å²) in [6, 6.07) is 8.37. The Labute approximate surface area is 130 Å². The van der Waals surface area contributed by atoms with E-state index in [-0.39, 0.29) is 11.3 Å². The van der Waals surface area contributed by atoms with Gasteiger partial charge in [0.2, 0.25) is 0 Å². The van der Waals surface area contributed by atoms with Crippen molar-refractivity contribution in [2.45, 2.75) is 6.18 Å². The van der Waals surface area contributed by atoms with E-state index in [0.29, 0.717) is 19.7 Å². The molecular formula is C14H7BrF3NOS. The average Bonchev–Trinajstić information content (AvgIpc) is 2.79. The molecule has 1 aromatic heterocycles. The van der Waals surface area contributed by atoms with E-state index >= 15 is 0 Å². The van der Waals surface area contributed by atoms with E-state index < -0.39 is 11.7 Å². The minimum atomic E-state index is -4.39. The maximum absolute atomic E-state index is 12.7. The number of fused-ring (bicyclic) bond motifs is 1. The van der Waals surface area contributed by atoms with Crippen LogP contribution in [0.15, 0.2) is 40.9 Å². The van der Waals surface area contributed by atoms with Crippen molar-refractivity contribution in [3.63, 3.8) is 0 Å². The van der Waals surface area contributed by atoms with Crippen LogP contribution in [-0.4, -0.2) is 10.1 Å². The summed E-state index contributed by atoms with van der Waals surface area (Å²) in [5.74, 6) is 0.0273. The molecule has 3 rings (SSSR count). The zero-order valence-corrected chi connectivity index (χ0v) is 12.7. The van der Waals surface area contributed by atoms with Gasteiger partial charge >= 0.3 is 6.18 Å². The first-order valence-corrected chi connectivity index (χ1v) is 7.42. The molecule has 0 bridgehead atoms. The Kier molecular flexibility index (Phi) is 3.41. The molecular weight excluding hydrogens is 367 g/mol. The quantitative estimate of drug-likeness (QED) is 0.615. The number of aromatic nitrogens is 1. The third-order valence-electron chi connectivity index (χ3n) is 2.91. The highest BCUT2D eigenvalue weighted by Gasteiger charge is 2.30. The van der Waals surface area contributed by atoms with Gasteiger partial charge in [-0.05, 0) is 36.4 Å². The highest BCUT2D eigenvalue weighted by Crippen LogP contribution is 2.38. The van der Waals surface area contributed by atoms with Gasteiger partial charge in [-0.15, -0.1) is 11.3 Å². The van der Waals surface area contributed by atoms with Crippen molar-refractivity contribution in [1.82, 2.24) is 4.98 Å². The first-order chi connectivity index (χ1) is 9.84. The molecule has 108 valence electrons. The molecule has 2 aromatic carbocycles. The van der Waals surface area contributed by atoms with Gasteiger partial charge in [-0.25, -0.2) is 4.98 Å². The smallest absolute Gasteiger partial charge is 0.416 e. The Morgan fingerprint density at radius 2 is 1.86 bits per heavy atom. The largest absolute Gasteiger partial charge is 0.507 e. The van der Waals surface area contributed by atoms with E-state index in [1.165, 1.54) is 23.5 Å². The van der Waals surface area contributed by atoms with Gasteiger partial charge in [0.15, 0.2) is 0 Å². The Morgan fingerprint density at radius 1 is 1.10 bits per heavy atom. The highest BCUT2D eigenvalue weighted by molar-refractivity contribution is 9.10. The van der Waals surface area contributed by atoms with Crippen LogP contribution in [-0.2, 0) is 6.18 Å². The number of hydrogen-bond acceptors (Lipinski definition) is 3. The van der Waals surface area contributed by atoms with Gasteiger partial charge < -0.3 is 5.11 Å². The van der Waals surface area contributed by atoms with E-state index in [1.807, 2.05) is 0 Å². The first-order valence-electron chi connectivity index (χ1n) is 5.81. The molecule has 3 aromatic rings. The van der Waals surface area contributed by atoms with E-state index in [2.05, 4.69) is 20.9 Å². The summed E-state index contributed by atoms with van der Waals surface area (Å²) in [7, 11) is 0. The Morgan fingerprint density at radius 3 is 2.52 bits per heavy atom. The van der Waals surface area contributed by atoms with Crippen LogP contribution in [0.5, 0.6) is 5.75 Å². The zero-order valence-electron chi connectivity index (χ0n) is 10.3. The maximum Gasteiger partial charge on any atom is 0.416 e. The fourth-order valence-electron chi connectivity index (χ4n) is 1.90. The van der Waals surface area contributed by atoms with Gasteiger partial charge in [-0.3, -0.25) is 0 Å². The molecule has 0 spiro atoms. The zero-order chi connectivity index (χ0) is 15.2. The van der Waals surface area contributed by atoms with E-state index in [9.17, 15) is 18.3 Å². The molecule has 0 fully saturated rings. The summed E-state index contributed by atoms with van der Waals surface area (Å²) >= 11 is 4.47. The van der Waals surface area contributed by atoms with Crippen molar-refractivity contribution in [3.8, 4) is 16.3 Å². The van der Waals surface area contributed by atoms with E-state index in [4.69, 9.17) is 0 Å². The average molecular weight is 374 g/mol. The number of thiazole rings is 1. The third-order valence-corrected chi connectivity index (χ3v) is 4.47. The lowest BCUT2D eigenvalue weighted by atomic mass is 10.2. The van der Waals surface area contributed by atoms with Crippen molar-refractivity contribution < 1.29 is 18.3 Å². The van der Waals surface area contributed by atoms with Crippen LogP contribution in [0.25, 0.3) is 20.8 Å². The number of hydrogen-bond donors (Lipinski definition) is 1. The predicted molar refractivity (Wildman–Crippen MR) is 79.4 cm³/mol. The van der Waals surface area contributed by atoms with Crippen molar-refractivity contribution in [1.29, 1.82) is 0 Å². The SMILES string of the molecule is Oc1cc(Br)ccc1-c1nc2cc(C(F)(F)F)ccc2s1. The molecule has 0 aliphatic heterocycles. The van der Waals surface area contributed by atoms with Crippen LogP contribution in [0.3, 0.4) is 0 Å². The molecule has 1 heterocycles. The molecule has 0 radical (unpaired) electrons. The standard InChI is InChI=1S/C14H7BrF3NOS/c15-8-2-3-9(11(20)6-8)13-19-10-5-7(14(16,17)18)1-4-12(10)21-13/h1-6,20H. The van der Waals surface area contributed by atoms with Crippen LogP contribution in [0, 0.1) is 0 Å². The lowest BCUT2D eigenvalue weighted by molar-refractivity contribution is -0.137. The van der Waals surface area contributed by atoms with Crippen LogP contribution in [0.4, 0.5) is 13.2 Å². The molecule has 0 saturated carbocycles. The van der Waals surface area contributed by atoms with Crippen LogP contribution >= 0.6 is 27.3 Å². The monoisotopic (exact) mass is 373 g/mol. The van der Waals surface area contributed by atoms with Crippen molar-refractivity contribution >= 4 is 37.5 Å². The number of rotatable bonds is 1. The Bertz CT molecular complexity index is 829. The molecule has 0 amide bonds. The number of phenolic OH excluding ortho intramolecular Hbond substituents is 1. The summed E-state index contributed by atoms with van der Waals surface area (Å²) in [4.78, 5) is 4.19. The summed E-state index contributed by atoms with van der Waals surface area (Å²) in [5.41, 5.74) is 0.0342. The number of benzene rings is 2. The van der Waals surface area contributed by atoms with Gasteiger partial charge in [-0.2, -0.15) is 13.2 Å². The molecule has 21 heavy (non-hydrogen) atoms. The molecule has 2 nitrogen and oxygen atoms in total. The fraction of sp³-hybridized carbons (Fsp3) is 0.0714. The van der Waals surface area contributed by atoms with Gasteiger partial charge in [0, 0.05) is 4.47 Å². The normalized spacial score (nSPS) is 12.0. The number of nitrogens with zero attached hydrogens (tertiary/aromatic N) is 1. The highest BCUT2D eigenvalue weighted by atomic mass is 79.9. The minimum Gasteiger partial charge on any atom is -0.507 e. The Balaban J connectivity index is 2.13. The molecule has 0 saturated heterocycles. The lowest BCUT2D eigenvalue weighted by Crippen LogP contribution is -2.03. The van der Waals surface area contributed by atoms with Gasteiger partial charge in [-0.1, -0.05) is 15.9 Å². The van der Waals surface area contributed by atoms with Crippen molar-refractivity contribution in [2.24, 2.45) is 0 Å². The predicted octanol–water partition coefficient (Wildman–Crippen LogP) is 5.45.